The van der Waals surface area contributed by atoms with Crippen LogP contribution < -0.4 is 15.5 Å². The molecular formula is C21H22N8. The first-order valence-electron chi connectivity index (χ1n) is 10.2. The molecule has 6 rings (SSSR count). The lowest BCUT2D eigenvalue weighted by Crippen LogP contribution is -2.43. The highest BCUT2D eigenvalue weighted by atomic mass is 15.3. The number of nitrogens with zero attached hydrogens (tertiary/aromatic N) is 6. The lowest BCUT2D eigenvalue weighted by atomic mass is 10.2. The third kappa shape index (κ3) is 3.05. The summed E-state index contributed by atoms with van der Waals surface area (Å²) in [4.78, 5) is 16.2. The van der Waals surface area contributed by atoms with Gasteiger partial charge < -0.3 is 15.5 Å². The van der Waals surface area contributed by atoms with Crippen LogP contribution in [-0.4, -0.2) is 50.9 Å². The molecule has 4 aromatic rings. The molecule has 8 heteroatoms. The normalized spacial score (nSPS) is 17.2. The lowest BCUT2D eigenvalue weighted by molar-refractivity contribution is 0.589. The van der Waals surface area contributed by atoms with E-state index in [1.807, 2.05) is 24.7 Å². The largest absolute Gasteiger partial charge is 0.368 e. The van der Waals surface area contributed by atoms with Gasteiger partial charge in [-0.2, -0.15) is 5.10 Å². The number of nitrogens with one attached hydrogen (secondary N) is 2. The van der Waals surface area contributed by atoms with Gasteiger partial charge in [0.25, 0.3) is 0 Å². The zero-order valence-corrected chi connectivity index (χ0v) is 16.0. The van der Waals surface area contributed by atoms with Crippen molar-refractivity contribution in [2.24, 2.45) is 0 Å². The summed E-state index contributed by atoms with van der Waals surface area (Å²) in [5, 5.41) is 13.4. The highest BCUT2D eigenvalue weighted by Crippen LogP contribution is 2.38. The fourth-order valence-corrected chi connectivity index (χ4v) is 3.97. The summed E-state index contributed by atoms with van der Waals surface area (Å²) in [6.45, 7) is 4.04. The predicted octanol–water partition coefficient (Wildman–Crippen LogP) is 2.86. The molecule has 146 valence electrons. The van der Waals surface area contributed by atoms with Gasteiger partial charge in [-0.15, -0.1) is 0 Å². The van der Waals surface area contributed by atoms with E-state index in [9.17, 15) is 0 Å². The molecule has 0 atom stereocenters. The maximum atomic E-state index is 4.81. The van der Waals surface area contributed by atoms with Gasteiger partial charge in [0.05, 0.1) is 29.6 Å². The standard InChI is InChI=1S/C21H22N8/c1-2-15-12-25-29(16-3-4-16)20(15)19-14(1)11-24-21(27-19)26-18-6-5-17(13-23-18)28-9-7-22-8-10-28/h1-2,5-6,11-13,16,22H,3-4,7-10H2,(H,23,24,26,27). The molecule has 0 radical (unpaired) electrons. The van der Waals surface area contributed by atoms with E-state index in [1.165, 1.54) is 12.8 Å². The molecule has 1 aliphatic heterocycles. The second-order valence-electron chi connectivity index (χ2n) is 7.72. The van der Waals surface area contributed by atoms with Crippen molar-refractivity contribution in [3.05, 3.63) is 42.9 Å². The summed E-state index contributed by atoms with van der Waals surface area (Å²) in [6.07, 6.45) is 8.08. The molecule has 1 aliphatic carbocycles. The minimum absolute atomic E-state index is 0.503. The third-order valence-electron chi connectivity index (χ3n) is 5.67. The van der Waals surface area contributed by atoms with Gasteiger partial charge in [-0.1, -0.05) is 12.1 Å². The van der Waals surface area contributed by atoms with Crippen LogP contribution in [0.5, 0.6) is 0 Å². The van der Waals surface area contributed by atoms with Crippen molar-refractivity contribution in [3.63, 3.8) is 0 Å². The Hall–Kier alpha value is -3.26. The van der Waals surface area contributed by atoms with Crippen LogP contribution >= 0.6 is 0 Å². The molecule has 1 saturated carbocycles. The number of aromatic nitrogens is 5. The smallest absolute Gasteiger partial charge is 0.228 e. The van der Waals surface area contributed by atoms with Crippen molar-refractivity contribution in [2.75, 3.05) is 36.4 Å². The van der Waals surface area contributed by atoms with Gasteiger partial charge in [0.1, 0.15) is 11.3 Å². The van der Waals surface area contributed by atoms with Crippen molar-refractivity contribution in [1.82, 2.24) is 30.0 Å². The van der Waals surface area contributed by atoms with E-state index in [0.717, 1.165) is 59.5 Å². The molecule has 8 nitrogen and oxygen atoms in total. The summed E-state index contributed by atoms with van der Waals surface area (Å²) in [7, 11) is 0. The maximum absolute atomic E-state index is 4.81. The van der Waals surface area contributed by atoms with Gasteiger partial charge >= 0.3 is 0 Å². The molecule has 1 aromatic carbocycles. The Labute approximate surface area is 168 Å². The molecule has 0 unspecified atom stereocenters. The number of benzene rings is 1. The summed E-state index contributed by atoms with van der Waals surface area (Å²) in [5.74, 6) is 1.29. The van der Waals surface area contributed by atoms with Crippen LogP contribution in [0.4, 0.5) is 17.5 Å². The van der Waals surface area contributed by atoms with E-state index in [-0.39, 0.29) is 0 Å². The Kier molecular flexibility index (Phi) is 3.83. The molecule has 2 N–H and O–H groups in total. The Balaban J connectivity index is 1.31. The van der Waals surface area contributed by atoms with Gasteiger partial charge in [-0.25, -0.2) is 15.0 Å². The van der Waals surface area contributed by atoms with Crippen LogP contribution in [0.15, 0.2) is 42.9 Å². The monoisotopic (exact) mass is 386 g/mol. The van der Waals surface area contributed by atoms with Crippen LogP contribution in [0.2, 0.25) is 0 Å². The fourth-order valence-electron chi connectivity index (χ4n) is 3.97. The highest BCUT2D eigenvalue weighted by Gasteiger charge is 2.26. The Bertz CT molecular complexity index is 1170. The van der Waals surface area contributed by atoms with E-state index in [1.54, 1.807) is 0 Å². The zero-order valence-electron chi connectivity index (χ0n) is 16.0. The predicted molar refractivity (Wildman–Crippen MR) is 114 cm³/mol. The van der Waals surface area contributed by atoms with Crippen molar-refractivity contribution < 1.29 is 0 Å². The van der Waals surface area contributed by atoms with Gasteiger partial charge in [-0.3, -0.25) is 4.68 Å². The van der Waals surface area contributed by atoms with Crippen molar-refractivity contribution >= 4 is 39.3 Å². The van der Waals surface area contributed by atoms with E-state index in [2.05, 4.69) is 53.5 Å². The van der Waals surface area contributed by atoms with Crippen LogP contribution in [0, 0.1) is 0 Å². The van der Waals surface area contributed by atoms with Crippen molar-refractivity contribution in [1.29, 1.82) is 0 Å². The summed E-state index contributed by atoms with van der Waals surface area (Å²) >= 11 is 0. The van der Waals surface area contributed by atoms with Crippen LogP contribution in [0.3, 0.4) is 0 Å². The first-order chi connectivity index (χ1) is 14.3. The average molecular weight is 386 g/mol. The van der Waals surface area contributed by atoms with Crippen molar-refractivity contribution in [2.45, 2.75) is 18.9 Å². The minimum atomic E-state index is 0.503. The van der Waals surface area contributed by atoms with Crippen LogP contribution in [-0.2, 0) is 0 Å². The zero-order chi connectivity index (χ0) is 19.2. The van der Waals surface area contributed by atoms with Gasteiger partial charge in [-0.05, 0) is 25.0 Å². The number of hydrogen-bond acceptors (Lipinski definition) is 7. The lowest BCUT2D eigenvalue weighted by Gasteiger charge is -2.29. The first-order valence-corrected chi connectivity index (χ1v) is 10.2. The Morgan fingerprint density at radius 2 is 1.79 bits per heavy atom. The molecule has 4 heterocycles. The second kappa shape index (κ2) is 6.66. The van der Waals surface area contributed by atoms with Crippen LogP contribution in [0.25, 0.3) is 21.8 Å². The number of pyridine rings is 1. The minimum Gasteiger partial charge on any atom is -0.368 e. The number of piperazine rings is 1. The van der Waals surface area contributed by atoms with E-state index in [0.29, 0.717) is 12.0 Å². The molecule has 0 bridgehead atoms. The molecular weight excluding hydrogens is 364 g/mol. The highest BCUT2D eigenvalue weighted by molar-refractivity contribution is 6.03. The maximum Gasteiger partial charge on any atom is 0.228 e. The average Bonchev–Trinajstić information content (AvgIpc) is 3.53. The quantitative estimate of drug-likeness (QED) is 0.558. The summed E-state index contributed by atoms with van der Waals surface area (Å²) in [5.41, 5.74) is 3.17. The van der Waals surface area contributed by atoms with E-state index in [4.69, 9.17) is 4.98 Å². The Morgan fingerprint density at radius 3 is 2.59 bits per heavy atom. The van der Waals surface area contributed by atoms with Gasteiger partial charge in [0.15, 0.2) is 0 Å². The number of fused-ring (bicyclic) bond motifs is 3. The molecule has 3 aromatic heterocycles. The number of hydrogen-bond donors (Lipinski definition) is 2. The Morgan fingerprint density at radius 1 is 0.931 bits per heavy atom. The van der Waals surface area contributed by atoms with E-state index < -0.39 is 0 Å². The second-order valence-corrected chi connectivity index (χ2v) is 7.72. The molecule has 1 saturated heterocycles. The SMILES string of the molecule is c1cc(Nc2ncc3ccc4cnn(C5CC5)c4c3n2)ncc1N1CCNCC1. The van der Waals surface area contributed by atoms with Crippen LogP contribution in [0.1, 0.15) is 18.9 Å². The topological polar surface area (TPSA) is 83.8 Å². The number of anilines is 3. The molecule has 29 heavy (non-hydrogen) atoms. The first kappa shape index (κ1) is 16.7. The summed E-state index contributed by atoms with van der Waals surface area (Å²) in [6, 6.07) is 8.74. The van der Waals surface area contributed by atoms with E-state index >= 15 is 0 Å². The third-order valence-corrected chi connectivity index (χ3v) is 5.67. The van der Waals surface area contributed by atoms with Crippen molar-refractivity contribution in [3.8, 4) is 0 Å². The summed E-state index contributed by atoms with van der Waals surface area (Å²) < 4.78 is 2.12. The fraction of sp³-hybridized carbons (Fsp3) is 0.333. The van der Waals surface area contributed by atoms with Gasteiger partial charge in [0.2, 0.25) is 5.95 Å². The molecule has 0 spiro atoms. The molecule has 2 aliphatic rings. The molecule has 2 fully saturated rings. The molecule has 0 amide bonds. The number of rotatable bonds is 4. The van der Waals surface area contributed by atoms with Gasteiger partial charge in [0, 0.05) is 43.1 Å².